The van der Waals surface area contributed by atoms with E-state index in [0.717, 1.165) is 0 Å². The summed E-state index contributed by atoms with van der Waals surface area (Å²) in [5.41, 5.74) is 2.15. The van der Waals surface area contributed by atoms with Crippen molar-refractivity contribution in [3.05, 3.63) is 60.0 Å². The monoisotopic (exact) mass is 337 g/mol. The molecule has 0 spiro atoms. The van der Waals surface area contributed by atoms with Crippen LogP contribution in [0.5, 0.6) is 0 Å². The molecule has 0 N–H and O–H groups in total. The molecule has 1 aliphatic heterocycles. The molecule has 1 aliphatic rings. The number of hydrogen-bond donors (Lipinski definition) is 0. The quantitative estimate of drug-likeness (QED) is 0.721. The molecule has 1 amide bonds. The summed E-state index contributed by atoms with van der Waals surface area (Å²) >= 11 is 0. The third-order valence-corrected chi connectivity index (χ3v) is 4.23. The maximum absolute atomic E-state index is 13.7. The van der Waals surface area contributed by atoms with Gasteiger partial charge in [0.15, 0.2) is 0 Å². The molecule has 0 bridgehead atoms. The number of rotatable bonds is 2. The number of benzene rings is 1. The molecule has 4 rings (SSSR count). The van der Waals surface area contributed by atoms with Crippen LogP contribution in [0.25, 0.3) is 22.3 Å². The van der Waals surface area contributed by atoms with Gasteiger partial charge in [-0.05, 0) is 30.3 Å². The molecule has 126 valence electrons. The molecule has 0 aliphatic carbocycles. The average molecular weight is 337 g/mol. The lowest BCUT2D eigenvalue weighted by atomic mass is 10.0. The van der Waals surface area contributed by atoms with Crippen LogP contribution in [0.3, 0.4) is 0 Å². The molecule has 1 aromatic carbocycles. The summed E-state index contributed by atoms with van der Waals surface area (Å²) < 4.78 is 19.0. The number of halogens is 1. The summed E-state index contributed by atoms with van der Waals surface area (Å²) in [4.78, 5) is 23.6. The van der Waals surface area contributed by atoms with E-state index in [1.165, 1.54) is 12.1 Å². The Kier molecular flexibility index (Phi) is 4.11. The van der Waals surface area contributed by atoms with Crippen LogP contribution < -0.4 is 0 Å². The third kappa shape index (κ3) is 3.08. The van der Waals surface area contributed by atoms with Gasteiger partial charge in [0.1, 0.15) is 5.82 Å². The van der Waals surface area contributed by atoms with Crippen molar-refractivity contribution in [2.75, 3.05) is 26.3 Å². The van der Waals surface area contributed by atoms with Gasteiger partial charge < -0.3 is 9.64 Å². The van der Waals surface area contributed by atoms with Gasteiger partial charge in [0.2, 0.25) is 0 Å². The number of aromatic nitrogens is 2. The molecule has 0 radical (unpaired) electrons. The molecule has 25 heavy (non-hydrogen) atoms. The fourth-order valence-corrected chi connectivity index (χ4v) is 2.96. The van der Waals surface area contributed by atoms with E-state index >= 15 is 0 Å². The molecule has 2 aromatic heterocycles. The molecule has 6 heteroatoms. The second-order valence-corrected chi connectivity index (χ2v) is 5.84. The topological polar surface area (TPSA) is 55.3 Å². The molecule has 3 heterocycles. The van der Waals surface area contributed by atoms with Crippen LogP contribution in [0, 0.1) is 5.82 Å². The van der Waals surface area contributed by atoms with Crippen molar-refractivity contribution in [1.29, 1.82) is 0 Å². The Morgan fingerprint density at radius 2 is 1.92 bits per heavy atom. The smallest absolute Gasteiger partial charge is 0.254 e. The maximum atomic E-state index is 13.7. The van der Waals surface area contributed by atoms with Crippen LogP contribution in [0.2, 0.25) is 0 Å². The normalized spacial score (nSPS) is 14.7. The second kappa shape index (κ2) is 6.57. The number of pyridine rings is 2. The molecule has 1 fully saturated rings. The van der Waals surface area contributed by atoms with Gasteiger partial charge in [-0.25, -0.2) is 9.37 Å². The highest BCUT2D eigenvalue weighted by Crippen LogP contribution is 2.25. The average Bonchev–Trinajstić information content (AvgIpc) is 2.67. The Bertz CT molecular complexity index is 925. The van der Waals surface area contributed by atoms with Gasteiger partial charge in [-0.1, -0.05) is 6.07 Å². The van der Waals surface area contributed by atoms with Gasteiger partial charge in [-0.15, -0.1) is 0 Å². The summed E-state index contributed by atoms with van der Waals surface area (Å²) in [7, 11) is 0. The lowest BCUT2D eigenvalue weighted by Gasteiger charge is -2.27. The zero-order valence-electron chi connectivity index (χ0n) is 13.5. The second-order valence-electron chi connectivity index (χ2n) is 5.84. The van der Waals surface area contributed by atoms with Gasteiger partial charge in [0.05, 0.1) is 35.7 Å². The number of amides is 1. The molecule has 5 nitrogen and oxygen atoms in total. The number of carbonyl (C=O) groups is 1. The van der Waals surface area contributed by atoms with Crippen LogP contribution >= 0.6 is 0 Å². The Morgan fingerprint density at radius 1 is 1.08 bits per heavy atom. The van der Waals surface area contributed by atoms with Crippen molar-refractivity contribution in [2.24, 2.45) is 0 Å². The first-order chi connectivity index (χ1) is 12.2. The van der Waals surface area contributed by atoms with Crippen LogP contribution in [-0.2, 0) is 4.74 Å². The minimum atomic E-state index is -0.386. The number of morpholine rings is 1. The molecule has 1 saturated heterocycles. The van der Waals surface area contributed by atoms with Gasteiger partial charge in [0.25, 0.3) is 5.91 Å². The predicted octanol–water partition coefficient (Wildman–Crippen LogP) is 2.91. The molecule has 3 aromatic rings. The van der Waals surface area contributed by atoms with Gasteiger partial charge in [-0.2, -0.15) is 0 Å². The summed E-state index contributed by atoms with van der Waals surface area (Å²) in [5.74, 6) is -0.484. The van der Waals surface area contributed by atoms with E-state index in [9.17, 15) is 9.18 Å². The Labute approximate surface area is 144 Å². The first kappa shape index (κ1) is 15.7. The largest absolute Gasteiger partial charge is 0.378 e. The van der Waals surface area contributed by atoms with Crippen LogP contribution in [0.15, 0.2) is 48.7 Å². The van der Waals surface area contributed by atoms with Crippen molar-refractivity contribution in [3.63, 3.8) is 0 Å². The minimum Gasteiger partial charge on any atom is -0.378 e. The molecule has 0 atom stereocenters. The van der Waals surface area contributed by atoms with Gasteiger partial charge in [-0.3, -0.25) is 9.78 Å². The van der Waals surface area contributed by atoms with Crippen molar-refractivity contribution in [2.45, 2.75) is 0 Å². The van der Waals surface area contributed by atoms with E-state index in [4.69, 9.17) is 4.74 Å². The first-order valence-electron chi connectivity index (χ1n) is 8.11. The Balaban J connectivity index is 1.87. The van der Waals surface area contributed by atoms with Crippen LogP contribution in [0.4, 0.5) is 4.39 Å². The number of hydrogen-bond acceptors (Lipinski definition) is 4. The lowest BCUT2D eigenvalue weighted by Crippen LogP contribution is -2.40. The number of fused-ring (bicyclic) bond motifs is 1. The van der Waals surface area contributed by atoms with E-state index in [0.29, 0.717) is 54.2 Å². The third-order valence-electron chi connectivity index (χ3n) is 4.23. The fraction of sp³-hybridized carbons (Fsp3) is 0.211. The zero-order chi connectivity index (χ0) is 17.2. The molecule has 0 saturated carbocycles. The van der Waals surface area contributed by atoms with Gasteiger partial charge >= 0.3 is 0 Å². The summed E-state index contributed by atoms with van der Waals surface area (Å²) in [6, 6.07) is 11.5. The zero-order valence-corrected chi connectivity index (χ0v) is 13.5. The highest BCUT2D eigenvalue weighted by molar-refractivity contribution is 6.07. The van der Waals surface area contributed by atoms with E-state index in [-0.39, 0.29) is 11.7 Å². The van der Waals surface area contributed by atoms with Crippen molar-refractivity contribution >= 4 is 16.8 Å². The highest BCUT2D eigenvalue weighted by Gasteiger charge is 2.22. The van der Waals surface area contributed by atoms with Gasteiger partial charge in [0, 0.05) is 30.7 Å². The highest BCUT2D eigenvalue weighted by atomic mass is 19.1. The number of carbonyl (C=O) groups excluding carboxylic acids is 1. The molecular weight excluding hydrogens is 321 g/mol. The molecular formula is C19H16FN3O2. The van der Waals surface area contributed by atoms with Crippen LogP contribution in [0.1, 0.15) is 10.4 Å². The van der Waals surface area contributed by atoms with Crippen molar-refractivity contribution in [1.82, 2.24) is 14.9 Å². The predicted molar refractivity (Wildman–Crippen MR) is 91.7 cm³/mol. The number of ether oxygens (including phenoxy) is 1. The van der Waals surface area contributed by atoms with E-state index < -0.39 is 0 Å². The number of nitrogens with zero attached hydrogens (tertiary/aromatic N) is 3. The fourth-order valence-electron chi connectivity index (χ4n) is 2.96. The van der Waals surface area contributed by atoms with Crippen molar-refractivity contribution < 1.29 is 13.9 Å². The summed E-state index contributed by atoms with van der Waals surface area (Å²) in [5, 5.41) is 0.637. The van der Waals surface area contributed by atoms with Crippen molar-refractivity contribution in [3.8, 4) is 11.4 Å². The Morgan fingerprint density at radius 3 is 2.68 bits per heavy atom. The van der Waals surface area contributed by atoms with E-state index in [1.807, 2.05) is 18.2 Å². The van der Waals surface area contributed by atoms with E-state index in [1.54, 1.807) is 23.2 Å². The maximum Gasteiger partial charge on any atom is 0.254 e. The molecule has 0 unspecified atom stereocenters. The standard InChI is InChI=1S/C19H16FN3O2/c20-13-4-5-14-15(19(24)23-7-9-25-10-8-23)12-18(22-17(14)11-13)16-3-1-2-6-21-16/h1-6,11-12H,7-10H2. The van der Waals surface area contributed by atoms with E-state index in [2.05, 4.69) is 9.97 Å². The Hall–Kier alpha value is -2.86. The van der Waals surface area contributed by atoms with Crippen LogP contribution in [-0.4, -0.2) is 47.1 Å². The first-order valence-corrected chi connectivity index (χ1v) is 8.11. The minimum absolute atomic E-state index is 0.0977. The lowest BCUT2D eigenvalue weighted by molar-refractivity contribution is 0.0304. The SMILES string of the molecule is O=C(c1cc(-c2ccccn2)nc2cc(F)ccc12)N1CCOCC1. The summed E-state index contributed by atoms with van der Waals surface area (Å²) in [6.07, 6.45) is 1.66. The summed E-state index contributed by atoms with van der Waals surface area (Å²) in [6.45, 7) is 2.14.